The van der Waals surface area contributed by atoms with Crippen molar-refractivity contribution in [1.82, 2.24) is 15.5 Å². The number of halogens is 1. The lowest BCUT2D eigenvalue weighted by atomic mass is 10.1. The number of aromatic nitrogens is 2. The molecule has 146 valence electrons. The summed E-state index contributed by atoms with van der Waals surface area (Å²) in [5.74, 6) is 0.0953. The number of amides is 1. The van der Waals surface area contributed by atoms with E-state index in [2.05, 4.69) is 15.5 Å². The van der Waals surface area contributed by atoms with Gasteiger partial charge in [0.15, 0.2) is 17.3 Å². The van der Waals surface area contributed by atoms with Crippen molar-refractivity contribution in [2.24, 2.45) is 0 Å². The summed E-state index contributed by atoms with van der Waals surface area (Å²) in [6, 6.07) is 1.52. The highest BCUT2D eigenvalue weighted by Gasteiger charge is 2.30. The smallest absolute Gasteiger partial charge is 0.407 e. The van der Waals surface area contributed by atoms with E-state index in [0.29, 0.717) is 12.2 Å². The first kappa shape index (κ1) is 19.1. The lowest BCUT2D eigenvalue weighted by molar-refractivity contribution is 0.0503. The third-order valence-electron chi connectivity index (χ3n) is 4.24. The van der Waals surface area contributed by atoms with Crippen LogP contribution >= 0.6 is 0 Å². The van der Waals surface area contributed by atoms with E-state index in [1.54, 1.807) is 13.0 Å². The average Bonchev–Trinajstić information content (AvgIpc) is 3.21. The summed E-state index contributed by atoms with van der Waals surface area (Å²) >= 11 is 0. The Morgan fingerprint density at radius 1 is 1.37 bits per heavy atom. The molecule has 2 aromatic rings. The van der Waals surface area contributed by atoms with E-state index in [0.717, 1.165) is 12.8 Å². The first-order chi connectivity index (χ1) is 12.7. The minimum absolute atomic E-state index is 0.0539. The van der Waals surface area contributed by atoms with Gasteiger partial charge in [-0.15, -0.1) is 0 Å². The van der Waals surface area contributed by atoms with Crippen LogP contribution < -0.4 is 10.1 Å². The second-order valence-corrected chi connectivity index (χ2v) is 7.67. The van der Waals surface area contributed by atoms with Crippen molar-refractivity contribution in [3.8, 4) is 17.1 Å². The molecule has 1 saturated carbocycles. The first-order valence-electron chi connectivity index (χ1n) is 8.95. The molecule has 2 atom stereocenters. The normalized spacial score (nSPS) is 19.7. The molecular weight excluding hydrogens is 353 g/mol. The number of nitrogens with one attached hydrogen (secondary N) is 1. The molecule has 0 aromatic carbocycles. The molecule has 0 aliphatic heterocycles. The SMILES string of the molecule is Cc1ncc(O[C@@H]2CC[C@H](NC(=O)OC(C)(C)C)C2)c(-c2ccno2)c1F. The fraction of sp³-hybridized carbons (Fsp3) is 0.526. The van der Waals surface area contributed by atoms with Crippen LogP contribution in [0.15, 0.2) is 23.0 Å². The van der Waals surface area contributed by atoms with Crippen LogP contribution in [0.3, 0.4) is 0 Å². The quantitative estimate of drug-likeness (QED) is 0.866. The molecule has 0 unspecified atom stereocenters. The Hall–Kier alpha value is -2.64. The Kier molecular flexibility index (Phi) is 5.34. The fourth-order valence-corrected chi connectivity index (χ4v) is 3.06. The van der Waals surface area contributed by atoms with Crippen molar-refractivity contribution >= 4 is 6.09 Å². The van der Waals surface area contributed by atoms with E-state index < -0.39 is 17.5 Å². The van der Waals surface area contributed by atoms with Crippen molar-refractivity contribution in [1.29, 1.82) is 0 Å². The minimum atomic E-state index is -0.546. The lowest BCUT2D eigenvalue weighted by Gasteiger charge is -2.22. The van der Waals surface area contributed by atoms with E-state index in [1.165, 1.54) is 12.4 Å². The van der Waals surface area contributed by atoms with Gasteiger partial charge in [0.05, 0.1) is 18.1 Å². The zero-order valence-electron chi connectivity index (χ0n) is 15.9. The van der Waals surface area contributed by atoms with Gasteiger partial charge in [0.1, 0.15) is 17.3 Å². The molecule has 7 nitrogen and oxygen atoms in total. The van der Waals surface area contributed by atoms with Gasteiger partial charge in [-0.1, -0.05) is 5.16 Å². The van der Waals surface area contributed by atoms with Gasteiger partial charge in [0, 0.05) is 18.5 Å². The number of nitrogens with zero attached hydrogens (tertiary/aromatic N) is 2. The summed E-state index contributed by atoms with van der Waals surface area (Å²) in [6.45, 7) is 7.03. The number of hydrogen-bond acceptors (Lipinski definition) is 6. The summed E-state index contributed by atoms with van der Waals surface area (Å²) < 4.78 is 31.0. The zero-order valence-corrected chi connectivity index (χ0v) is 15.9. The summed E-state index contributed by atoms with van der Waals surface area (Å²) in [5.41, 5.74) is -0.0801. The maximum atomic E-state index is 14.6. The Labute approximate surface area is 157 Å². The Balaban J connectivity index is 1.67. The topological polar surface area (TPSA) is 86.5 Å². The molecule has 1 amide bonds. The van der Waals surface area contributed by atoms with E-state index in [1.807, 2.05) is 20.8 Å². The van der Waals surface area contributed by atoms with Crippen LogP contribution in [-0.2, 0) is 4.74 Å². The van der Waals surface area contributed by atoms with Gasteiger partial charge in [-0.25, -0.2) is 9.18 Å². The van der Waals surface area contributed by atoms with Gasteiger partial charge in [0.2, 0.25) is 0 Å². The van der Waals surface area contributed by atoms with Gasteiger partial charge >= 0.3 is 6.09 Å². The number of carbonyl (C=O) groups excluding carboxylic acids is 1. The number of hydrogen-bond donors (Lipinski definition) is 1. The van der Waals surface area contributed by atoms with Crippen molar-refractivity contribution in [2.45, 2.75) is 64.7 Å². The molecule has 1 N–H and O–H groups in total. The Morgan fingerprint density at radius 2 is 2.15 bits per heavy atom. The molecule has 27 heavy (non-hydrogen) atoms. The molecule has 8 heteroatoms. The number of alkyl carbamates (subject to hydrolysis) is 1. The third-order valence-corrected chi connectivity index (χ3v) is 4.24. The van der Waals surface area contributed by atoms with Crippen molar-refractivity contribution < 1.29 is 23.2 Å². The van der Waals surface area contributed by atoms with Crippen molar-refractivity contribution in [3.05, 3.63) is 30.0 Å². The number of aryl methyl sites for hydroxylation is 1. The van der Waals surface area contributed by atoms with Crippen LogP contribution in [0.2, 0.25) is 0 Å². The highest BCUT2D eigenvalue weighted by atomic mass is 19.1. The van der Waals surface area contributed by atoms with E-state index in [9.17, 15) is 9.18 Å². The standard InChI is InChI=1S/C19H24FN3O4/c1-11-17(20)16(14-7-8-22-27-14)15(10-21-11)25-13-6-5-12(9-13)23-18(24)26-19(2,3)4/h7-8,10,12-13H,5-6,9H2,1-4H3,(H,23,24)/t12-,13+/m0/s1. The molecule has 0 bridgehead atoms. The molecule has 1 aliphatic carbocycles. The molecular formula is C19H24FN3O4. The second-order valence-electron chi connectivity index (χ2n) is 7.67. The first-order valence-corrected chi connectivity index (χ1v) is 8.95. The minimum Gasteiger partial charge on any atom is -0.488 e. The molecule has 2 aromatic heterocycles. The molecule has 0 saturated heterocycles. The molecule has 1 fully saturated rings. The van der Waals surface area contributed by atoms with E-state index >= 15 is 0 Å². The largest absolute Gasteiger partial charge is 0.488 e. The Bertz CT molecular complexity index is 802. The number of carbonyl (C=O) groups is 1. The highest BCUT2D eigenvalue weighted by molar-refractivity contribution is 5.68. The predicted octanol–water partition coefficient (Wildman–Crippen LogP) is 4.01. The number of pyridine rings is 1. The average molecular weight is 377 g/mol. The fourth-order valence-electron chi connectivity index (χ4n) is 3.06. The van der Waals surface area contributed by atoms with Crippen LogP contribution in [0.1, 0.15) is 45.7 Å². The van der Waals surface area contributed by atoms with Crippen LogP contribution in [0.25, 0.3) is 11.3 Å². The van der Waals surface area contributed by atoms with Gasteiger partial charge < -0.3 is 19.3 Å². The maximum Gasteiger partial charge on any atom is 0.407 e. The van der Waals surface area contributed by atoms with E-state index in [-0.39, 0.29) is 29.2 Å². The molecule has 0 radical (unpaired) electrons. The molecule has 1 aliphatic rings. The lowest BCUT2D eigenvalue weighted by Crippen LogP contribution is -2.38. The zero-order chi connectivity index (χ0) is 19.6. The van der Waals surface area contributed by atoms with Crippen LogP contribution in [0.4, 0.5) is 9.18 Å². The van der Waals surface area contributed by atoms with Gasteiger partial charge in [-0.05, 0) is 40.5 Å². The van der Waals surface area contributed by atoms with Gasteiger partial charge in [-0.3, -0.25) is 4.98 Å². The second kappa shape index (κ2) is 7.54. The van der Waals surface area contributed by atoms with Gasteiger partial charge in [0.25, 0.3) is 0 Å². The summed E-state index contributed by atoms with van der Waals surface area (Å²) in [4.78, 5) is 16.0. The predicted molar refractivity (Wildman–Crippen MR) is 95.9 cm³/mol. The maximum absolute atomic E-state index is 14.6. The summed E-state index contributed by atoms with van der Waals surface area (Å²) in [7, 11) is 0. The van der Waals surface area contributed by atoms with Crippen molar-refractivity contribution in [2.75, 3.05) is 0 Å². The van der Waals surface area contributed by atoms with Crippen LogP contribution in [0.5, 0.6) is 5.75 Å². The van der Waals surface area contributed by atoms with Crippen LogP contribution in [0, 0.1) is 12.7 Å². The van der Waals surface area contributed by atoms with Crippen molar-refractivity contribution in [3.63, 3.8) is 0 Å². The molecule has 2 heterocycles. The number of rotatable bonds is 4. The van der Waals surface area contributed by atoms with Gasteiger partial charge in [-0.2, -0.15) is 0 Å². The van der Waals surface area contributed by atoms with E-state index in [4.69, 9.17) is 14.0 Å². The molecule has 3 rings (SSSR count). The Morgan fingerprint density at radius 3 is 2.81 bits per heavy atom. The highest BCUT2D eigenvalue weighted by Crippen LogP contribution is 2.35. The molecule has 0 spiro atoms. The third kappa shape index (κ3) is 4.75. The summed E-state index contributed by atoms with van der Waals surface area (Å²) in [6.07, 6.45) is 4.41. The number of ether oxygens (including phenoxy) is 2. The van der Waals surface area contributed by atoms with Crippen LogP contribution in [-0.4, -0.2) is 34.0 Å². The monoisotopic (exact) mass is 377 g/mol. The summed E-state index contributed by atoms with van der Waals surface area (Å²) in [5, 5.41) is 6.49.